The first-order chi connectivity index (χ1) is 13.6. The Morgan fingerprint density at radius 1 is 1.07 bits per heavy atom. The number of likely N-dealkylation sites (N-methyl/N-ethyl adjacent to an activating group) is 1. The van der Waals surface area contributed by atoms with Crippen LogP contribution in [0.4, 0.5) is 10.3 Å². The van der Waals surface area contributed by atoms with E-state index in [0.717, 1.165) is 5.56 Å². The largest absolute Gasteiger partial charge is 0.439 e. The van der Waals surface area contributed by atoms with Gasteiger partial charge in [0.1, 0.15) is 11.6 Å². The number of hydrogen-bond donors (Lipinski definition) is 1. The summed E-state index contributed by atoms with van der Waals surface area (Å²) < 4.78 is 24.1. The second-order valence-corrected chi connectivity index (χ2v) is 6.29. The highest BCUT2D eigenvalue weighted by Gasteiger charge is 2.12. The van der Waals surface area contributed by atoms with E-state index in [2.05, 4.69) is 9.97 Å². The third kappa shape index (κ3) is 6.00. The van der Waals surface area contributed by atoms with Gasteiger partial charge >= 0.3 is 0 Å². The molecule has 0 aliphatic heterocycles. The van der Waals surface area contributed by atoms with Gasteiger partial charge < -0.3 is 19.5 Å². The number of rotatable bonds is 9. The fourth-order valence-electron chi connectivity index (χ4n) is 2.53. The number of ether oxygens (including phenoxy) is 2. The zero-order valence-electron chi connectivity index (χ0n) is 15.5. The standard InChI is InChI=1S/C21H22FN3O3/c1-25(13-18(26)15-27-14-16-5-3-2-4-6-16)21-23-12-11-20(24-21)28-19-9-7-17(22)8-10-19/h2-12,18,26H,13-15H2,1H3. The van der Waals surface area contributed by atoms with E-state index in [4.69, 9.17) is 9.47 Å². The lowest BCUT2D eigenvalue weighted by atomic mass is 10.2. The summed E-state index contributed by atoms with van der Waals surface area (Å²) in [6.45, 7) is 0.943. The number of halogens is 1. The van der Waals surface area contributed by atoms with Crippen molar-refractivity contribution < 1.29 is 19.0 Å². The average Bonchev–Trinajstić information content (AvgIpc) is 2.71. The minimum absolute atomic E-state index is 0.199. The van der Waals surface area contributed by atoms with Gasteiger partial charge in [-0.05, 0) is 29.8 Å². The maximum Gasteiger partial charge on any atom is 0.228 e. The number of aliphatic hydroxyl groups is 1. The highest BCUT2D eigenvalue weighted by molar-refractivity contribution is 5.33. The normalized spacial score (nSPS) is 11.8. The predicted molar refractivity (Wildman–Crippen MR) is 104 cm³/mol. The van der Waals surface area contributed by atoms with E-state index >= 15 is 0 Å². The fourth-order valence-corrected chi connectivity index (χ4v) is 2.53. The van der Waals surface area contributed by atoms with Gasteiger partial charge in [-0.15, -0.1) is 0 Å². The molecule has 3 aromatic rings. The van der Waals surface area contributed by atoms with Gasteiger partial charge in [-0.25, -0.2) is 9.37 Å². The van der Waals surface area contributed by atoms with E-state index in [9.17, 15) is 9.50 Å². The first-order valence-corrected chi connectivity index (χ1v) is 8.87. The molecule has 1 N–H and O–H groups in total. The van der Waals surface area contributed by atoms with Gasteiger partial charge in [-0.3, -0.25) is 0 Å². The van der Waals surface area contributed by atoms with Crippen molar-refractivity contribution in [3.63, 3.8) is 0 Å². The molecule has 0 aliphatic carbocycles. The number of aliphatic hydroxyl groups excluding tert-OH is 1. The molecule has 0 amide bonds. The molecule has 0 fully saturated rings. The van der Waals surface area contributed by atoms with Crippen LogP contribution in [0.1, 0.15) is 5.56 Å². The summed E-state index contributed by atoms with van der Waals surface area (Å²) in [6, 6.07) is 17.1. The van der Waals surface area contributed by atoms with Crippen molar-refractivity contribution in [1.82, 2.24) is 9.97 Å². The molecule has 7 heteroatoms. The van der Waals surface area contributed by atoms with Gasteiger partial charge in [-0.1, -0.05) is 30.3 Å². The fraction of sp³-hybridized carbons (Fsp3) is 0.238. The highest BCUT2D eigenvalue weighted by atomic mass is 19.1. The number of anilines is 1. The first-order valence-electron chi connectivity index (χ1n) is 8.87. The van der Waals surface area contributed by atoms with E-state index in [-0.39, 0.29) is 12.4 Å². The van der Waals surface area contributed by atoms with E-state index in [1.54, 1.807) is 24.2 Å². The van der Waals surface area contributed by atoms with Crippen LogP contribution in [0.15, 0.2) is 66.9 Å². The second-order valence-electron chi connectivity index (χ2n) is 6.29. The molecule has 28 heavy (non-hydrogen) atoms. The maximum absolute atomic E-state index is 13.0. The molecule has 146 valence electrons. The molecule has 2 aromatic carbocycles. The van der Waals surface area contributed by atoms with Gasteiger partial charge in [-0.2, -0.15) is 4.98 Å². The Morgan fingerprint density at radius 2 is 1.82 bits per heavy atom. The van der Waals surface area contributed by atoms with Crippen molar-refractivity contribution in [3.05, 3.63) is 78.2 Å². The van der Waals surface area contributed by atoms with Crippen LogP contribution in [-0.4, -0.2) is 41.4 Å². The summed E-state index contributed by atoms with van der Waals surface area (Å²) in [5.74, 6) is 0.877. The molecule has 0 saturated carbocycles. The number of hydrogen-bond acceptors (Lipinski definition) is 6. The first kappa shape index (κ1) is 19.7. The van der Waals surface area contributed by atoms with Gasteiger partial charge in [0.05, 0.1) is 19.3 Å². The molecule has 0 saturated heterocycles. The zero-order chi connectivity index (χ0) is 19.8. The number of benzene rings is 2. The number of nitrogens with zero attached hydrogens (tertiary/aromatic N) is 3. The summed E-state index contributed by atoms with van der Waals surface area (Å²) in [6.07, 6.45) is 0.870. The molecule has 1 heterocycles. The van der Waals surface area contributed by atoms with Gasteiger partial charge in [0.2, 0.25) is 11.8 Å². The average molecular weight is 383 g/mol. The summed E-state index contributed by atoms with van der Waals surface area (Å²) in [5, 5.41) is 10.2. The van der Waals surface area contributed by atoms with Gasteiger partial charge in [0.15, 0.2) is 0 Å². The van der Waals surface area contributed by atoms with Crippen molar-refractivity contribution in [2.45, 2.75) is 12.7 Å². The highest BCUT2D eigenvalue weighted by Crippen LogP contribution is 2.20. The van der Waals surface area contributed by atoms with Crippen LogP contribution >= 0.6 is 0 Å². The van der Waals surface area contributed by atoms with Crippen molar-refractivity contribution in [2.24, 2.45) is 0 Å². The second kappa shape index (κ2) is 9.77. The van der Waals surface area contributed by atoms with Crippen LogP contribution in [0.5, 0.6) is 11.6 Å². The lowest BCUT2D eigenvalue weighted by molar-refractivity contribution is 0.0323. The van der Waals surface area contributed by atoms with E-state index in [1.807, 2.05) is 30.3 Å². The predicted octanol–water partition coefficient (Wildman–Crippen LogP) is 3.42. The van der Waals surface area contributed by atoms with Crippen LogP contribution in [0, 0.1) is 5.82 Å². The van der Waals surface area contributed by atoms with Gasteiger partial charge in [0.25, 0.3) is 0 Å². The Balaban J connectivity index is 1.50. The van der Waals surface area contributed by atoms with Gasteiger partial charge in [0, 0.05) is 25.9 Å². The summed E-state index contributed by atoms with van der Waals surface area (Å²) >= 11 is 0. The van der Waals surface area contributed by atoms with E-state index < -0.39 is 6.10 Å². The van der Waals surface area contributed by atoms with Crippen molar-refractivity contribution in [3.8, 4) is 11.6 Å². The smallest absolute Gasteiger partial charge is 0.228 e. The lowest BCUT2D eigenvalue weighted by Gasteiger charge is -2.21. The quantitative estimate of drug-likeness (QED) is 0.611. The molecule has 1 unspecified atom stereocenters. The Bertz CT molecular complexity index is 862. The minimum atomic E-state index is -0.695. The van der Waals surface area contributed by atoms with Crippen LogP contribution in [-0.2, 0) is 11.3 Å². The molecule has 1 aromatic heterocycles. The molecular weight excluding hydrogens is 361 g/mol. The Labute approximate surface area is 163 Å². The molecule has 0 radical (unpaired) electrons. The molecular formula is C21H22FN3O3. The van der Waals surface area contributed by atoms with E-state index in [0.29, 0.717) is 30.7 Å². The number of aromatic nitrogens is 2. The Kier molecular flexibility index (Phi) is 6.89. The third-order valence-corrected chi connectivity index (χ3v) is 3.90. The SMILES string of the molecule is CN(CC(O)COCc1ccccc1)c1nccc(Oc2ccc(F)cc2)n1. The molecule has 0 aliphatic rings. The van der Waals surface area contributed by atoms with Crippen molar-refractivity contribution in [2.75, 3.05) is 25.1 Å². The molecule has 3 rings (SSSR count). The third-order valence-electron chi connectivity index (χ3n) is 3.90. The van der Waals surface area contributed by atoms with E-state index in [1.165, 1.54) is 24.3 Å². The summed E-state index contributed by atoms with van der Waals surface area (Å²) in [7, 11) is 1.78. The van der Waals surface area contributed by atoms with Crippen molar-refractivity contribution >= 4 is 5.95 Å². The van der Waals surface area contributed by atoms with Crippen molar-refractivity contribution in [1.29, 1.82) is 0 Å². The molecule has 6 nitrogen and oxygen atoms in total. The Morgan fingerprint density at radius 3 is 2.57 bits per heavy atom. The van der Waals surface area contributed by atoms with Crippen LogP contribution in [0.2, 0.25) is 0 Å². The summed E-state index contributed by atoms with van der Waals surface area (Å²) in [5.41, 5.74) is 1.05. The topological polar surface area (TPSA) is 67.7 Å². The Hall–Kier alpha value is -3.03. The summed E-state index contributed by atoms with van der Waals surface area (Å²) in [4.78, 5) is 10.2. The van der Waals surface area contributed by atoms with Crippen LogP contribution in [0.3, 0.4) is 0 Å². The zero-order valence-corrected chi connectivity index (χ0v) is 15.5. The lowest BCUT2D eigenvalue weighted by Crippen LogP contribution is -2.33. The van der Waals surface area contributed by atoms with Crippen LogP contribution < -0.4 is 9.64 Å². The monoisotopic (exact) mass is 383 g/mol. The molecule has 0 bridgehead atoms. The van der Waals surface area contributed by atoms with Crippen LogP contribution in [0.25, 0.3) is 0 Å². The molecule has 1 atom stereocenters. The molecule has 0 spiro atoms. The maximum atomic E-state index is 13.0. The minimum Gasteiger partial charge on any atom is -0.439 e.